The number of nitrogens with one attached hydrogen (secondary N) is 3. The largest absolute Gasteiger partial charge is 0.416 e. The van der Waals surface area contributed by atoms with Crippen LogP contribution in [-0.4, -0.2) is 25.8 Å². The van der Waals surface area contributed by atoms with Crippen LogP contribution >= 0.6 is 0 Å². The Bertz CT molecular complexity index is 1330. The molecule has 0 bridgehead atoms. The van der Waals surface area contributed by atoms with E-state index in [1.165, 1.54) is 23.0 Å². The Morgan fingerprint density at radius 2 is 1.94 bits per heavy atom. The summed E-state index contributed by atoms with van der Waals surface area (Å²) in [5, 5.41) is 7.79. The number of nitrogens with zero attached hydrogens (tertiary/aromatic N) is 3. The van der Waals surface area contributed by atoms with Gasteiger partial charge < -0.3 is 10.6 Å². The normalized spacial score (nSPS) is 11.2. The van der Waals surface area contributed by atoms with Crippen LogP contribution in [0.5, 0.6) is 0 Å². The maximum atomic E-state index is 12.8. The Balaban J connectivity index is 1.44. The molecule has 4 rings (SSSR count). The highest BCUT2D eigenvalue weighted by Gasteiger charge is 2.30. The van der Waals surface area contributed by atoms with E-state index in [-0.39, 0.29) is 17.8 Å². The Kier molecular flexibility index (Phi) is 5.94. The van der Waals surface area contributed by atoms with Crippen molar-refractivity contribution in [3.63, 3.8) is 0 Å². The molecule has 168 valence electrons. The highest BCUT2D eigenvalue weighted by atomic mass is 19.4. The van der Waals surface area contributed by atoms with E-state index in [1.54, 1.807) is 42.9 Å². The van der Waals surface area contributed by atoms with E-state index in [0.717, 1.165) is 12.1 Å². The Hall–Kier alpha value is -4.41. The van der Waals surface area contributed by atoms with Gasteiger partial charge in [0.25, 0.3) is 5.56 Å². The monoisotopic (exact) mass is 454 g/mol. The van der Waals surface area contributed by atoms with Gasteiger partial charge in [-0.2, -0.15) is 13.2 Å². The number of pyridine rings is 2. The summed E-state index contributed by atoms with van der Waals surface area (Å²) < 4.78 is 39.7. The molecule has 33 heavy (non-hydrogen) atoms. The number of aromatic amines is 1. The lowest BCUT2D eigenvalue weighted by Crippen LogP contribution is -2.28. The molecule has 2 amide bonds. The lowest BCUT2D eigenvalue weighted by molar-refractivity contribution is -0.137. The number of urea groups is 1. The lowest BCUT2D eigenvalue weighted by atomic mass is 10.2. The average Bonchev–Trinajstić information content (AvgIpc) is 3.19. The molecule has 0 saturated heterocycles. The van der Waals surface area contributed by atoms with E-state index in [2.05, 4.69) is 25.7 Å². The van der Waals surface area contributed by atoms with Gasteiger partial charge in [-0.3, -0.25) is 14.9 Å². The minimum atomic E-state index is -4.51. The van der Waals surface area contributed by atoms with E-state index in [4.69, 9.17) is 0 Å². The number of aromatic nitrogens is 4. The predicted molar refractivity (Wildman–Crippen MR) is 115 cm³/mol. The first-order valence-electron chi connectivity index (χ1n) is 9.69. The second kappa shape index (κ2) is 8.99. The molecule has 0 aliphatic rings. The van der Waals surface area contributed by atoms with E-state index in [9.17, 15) is 22.8 Å². The topological polar surface area (TPSA) is 105 Å². The molecule has 0 unspecified atom stereocenters. The molecule has 0 radical (unpaired) electrons. The number of benzene rings is 1. The SMILES string of the molecule is O=C(NCc1ccnc(-n2[nH]cc(-c3cccnc3)c2=O)c1)Nc1cccc(C(F)(F)F)c1. The molecule has 1 aromatic carbocycles. The molecule has 3 aromatic heterocycles. The van der Waals surface area contributed by atoms with Crippen molar-refractivity contribution in [3.8, 4) is 16.9 Å². The molecule has 0 spiro atoms. The van der Waals surface area contributed by atoms with Crippen LogP contribution in [-0.2, 0) is 12.7 Å². The van der Waals surface area contributed by atoms with Gasteiger partial charge in [0.2, 0.25) is 0 Å². The van der Waals surface area contributed by atoms with Crippen LogP contribution in [0.2, 0.25) is 0 Å². The summed E-state index contributed by atoms with van der Waals surface area (Å²) in [7, 11) is 0. The fourth-order valence-electron chi connectivity index (χ4n) is 3.09. The fraction of sp³-hybridized carbons (Fsp3) is 0.0909. The van der Waals surface area contributed by atoms with Crippen molar-refractivity contribution in [2.24, 2.45) is 0 Å². The number of amides is 2. The number of anilines is 1. The highest BCUT2D eigenvalue weighted by molar-refractivity contribution is 5.89. The van der Waals surface area contributed by atoms with Crippen molar-refractivity contribution in [2.75, 3.05) is 5.32 Å². The zero-order chi connectivity index (χ0) is 23.4. The molecule has 0 saturated carbocycles. The molecular formula is C22H17F3N6O2. The summed E-state index contributed by atoms with van der Waals surface area (Å²) in [6, 6.07) is 10.4. The van der Waals surface area contributed by atoms with Gasteiger partial charge in [-0.1, -0.05) is 12.1 Å². The minimum Gasteiger partial charge on any atom is -0.334 e. The number of hydrogen-bond donors (Lipinski definition) is 3. The van der Waals surface area contributed by atoms with Gasteiger partial charge in [-0.05, 0) is 42.0 Å². The zero-order valence-corrected chi connectivity index (χ0v) is 16.9. The van der Waals surface area contributed by atoms with Gasteiger partial charge >= 0.3 is 12.2 Å². The summed E-state index contributed by atoms with van der Waals surface area (Å²) in [6.45, 7) is 0.0608. The third kappa shape index (κ3) is 5.09. The Morgan fingerprint density at radius 1 is 1.09 bits per heavy atom. The van der Waals surface area contributed by atoms with Crippen LogP contribution < -0.4 is 16.2 Å². The van der Waals surface area contributed by atoms with Gasteiger partial charge in [0.15, 0.2) is 5.82 Å². The van der Waals surface area contributed by atoms with Gasteiger partial charge in [0.05, 0.1) is 11.1 Å². The van der Waals surface area contributed by atoms with Crippen molar-refractivity contribution in [1.29, 1.82) is 0 Å². The maximum Gasteiger partial charge on any atom is 0.416 e. The van der Waals surface area contributed by atoms with Crippen LogP contribution in [0.4, 0.5) is 23.7 Å². The molecular weight excluding hydrogens is 437 g/mol. The second-order valence-electron chi connectivity index (χ2n) is 6.98. The standard InChI is InChI=1S/C22H17F3N6O2/c23-22(24,25)16-4-1-5-17(10-16)30-21(33)28-11-14-6-8-27-19(9-14)31-20(32)18(13-29-31)15-3-2-7-26-12-15/h1-10,12-13,29H,11H2,(H2,28,30,33). The van der Waals surface area contributed by atoms with Crippen LogP contribution in [0.25, 0.3) is 16.9 Å². The number of rotatable bonds is 5. The third-order valence-electron chi connectivity index (χ3n) is 4.68. The fourth-order valence-corrected chi connectivity index (χ4v) is 3.09. The first-order chi connectivity index (χ1) is 15.8. The molecule has 0 aliphatic carbocycles. The quantitative estimate of drug-likeness (QED) is 0.425. The lowest BCUT2D eigenvalue weighted by Gasteiger charge is -2.11. The third-order valence-corrected chi connectivity index (χ3v) is 4.68. The first kappa shape index (κ1) is 21.8. The predicted octanol–water partition coefficient (Wildman–Crippen LogP) is 3.96. The molecule has 0 aliphatic heterocycles. The number of carbonyl (C=O) groups excluding carboxylic acids is 1. The second-order valence-corrected chi connectivity index (χ2v) is 6.98. The number of halogens is 3. The van der Waals surface area contributed by atoms with Crippen LogP contribution in [0.15, 0.2) is 78.1 Å². The van der Waals surface area contributed by atoms with E-state index in [1.807, 2.05) is 0 Å². The van der Waals surface area contributed by atoms with Gasteiger partial charge in [0.1, 0.15) is 0 Å². The number of carbonyl (C=O) groups is 1. The highest BCUT2D eigenvalue weighted by Crippen LogP contribution is 2.30. The zero-order valence-electron chi connectivity index (χ0n) is 16.9. The Morgan fingerprint density at radius 3 is 2.70 bits per heavy atom. The van der Waals surface area contributed by atoms with Crippen molar-refractivity contribution in [3.05, 3.63) is 94.8 Å². The molecule has 0 fully saturated rings. The molecule has 3 N–H and O–H groups in total. The molecule has 8 nitrogen and oxygen atoms in total. The summed E-state index contributed by atoms with van der Waals surface area (Å²) >= 11 is 0. The van der Waals surface area contributed by atoms with Crippen LogP contribution in [0, 0.1) is 0 Å². The average molecular weight is 454 g/mol. The van der Waals surface area contributed by atoms with E-state index in [0.29, 0.717) is 22.5 Å². The van der Waals surface area contributed by atoms with Gasteiger partial charge in [-0.25, -0.2) is 14.5 Å². The maximum absolute atomic E-state index is 12.8. The minimum absolute atomic E-state index is 0.0126. The molecule has 4 aromatic rings. The summed E-state index contributed by atoms with van der Waals surface area (Å²) in [6.07, 6.45) is 1.71. The van der Waals surface area contributed by atoms with E-state index < -0.39 is 17.8 Å². The number of alkyl halides is 3. The number of H-pyrrole nitrogens is 1. The molecule has 0 atom stereocenters. The molecule has 3 heterocycles. The van der Waals surface area contributed by atoms with Crippen molar-refractivity contribution >= 4 is 11.7 Å². The summed E-state index contributed by atoms with van der Waals surface area (Å²) in [5.41, 5.74) is 0.543. The van der Waals surface area contributed by atoms with Gasteiger partial charge in [-0.15, -0.1) is 0 Å². The molecule has 11 heteroatoms. The first-order valence-corrected chi connectivity index (χ1v) is 9.69. The van der Waals surface area contributed by atoms with E-state index >= 15 is 0 Å². The summed E-state index contributed by atoms with van der Waals surface area (Å²) in [4.78, 5) is 33.1. The summed E-state index contributed by atoms with van der Waals surface area (Å²) in [5.74, 6) is 0.313. The van der Waals surface area contributed by atoms with Crippen molar-refractivity contribution in [2.45, 2.75) is 12.7 Å². The van der Waals surface area contributed by atoms with Crippen LogP contribution in [0.1, 0.15) is 11.1 Å². The van der Waals surface area contributed by atoms with Crippen LogP contribution in [0.3, 0.4) is 0 Å². The number of hydrogen-bond acceptors (Lipinski definition) is 4. The van der Waals surface area contributed by atoms with Crippen molar-refractivity contribution in [1.82, 2.24) is 25.1 Å². The van der Waals surface area contributed by atoms with Gasteiger partial charge in [0, 0.05) is 42.6 Å². The smallest absolute Gasteiger partial charge is 0.334 e. The Labute approximate surface area is 185 Å². The van der Waals surface area contributed by atoms with Crippen molar-refractivity contribution < 1.29 is 18.0 Å².